The van der Waals surface area contributed by atoms with E-state index in [1.165, 1.54) is 28.6 Å². The molecule has 1 atom stereocenters. The number of fused-ring (bicyclic) bond motifs is 3. The molecule has 2 aromatic rings. The Balaban J connectivity index is 2.00. The van der Waals surface area contributed by atoms with Gasteiger partial charge in [-0.1, -0.05) is 43.7 Å². The fourth-order valence-electron chi connectivity index (χ4n) is 2.77. The molecule has 0 amide bonds. The lowest BCUT2D eigenvalue weighted by Gasteiger charge is -2.21. The van der Waals surface area contributed by atoms with Crippen molar-refractivity contribution in [3.8, 4) is 0 Å². The molecule has 1 aromatic carbocycles. The van der Waals surface area contributed by atoms with Gasteiger partial charge in [-0.2, -0.15) is 0 Å². The molecule has 2 heteroatoms. The maximum atomic E-state index is 3.58. The number of aromatic amines is 1. The van der Waals surface area contributed by atoms with E-state index in [9.17, 15) is 0 Å². The molecule has 1 aliphatic rings. The number of H-pyrrole nitrogens is 1. The maximum absolute atomic E-state index is 3.58. The van der Waals surface area contributed by atoms with E-state index in [-0.39, 0.29) is 0 Å². The van der Waals surface area contributed by atoms with Crippen molar-refractivity contribution in [2.24, 2.45) is 0 Å². The van der Waals surface area contributed by atoms with Crippen LogP contribution < -0.4 is 5.32 Å². The summed E-state index contributed by atoms with van der Waals surface area (Å²) < 4.78 is 0. The zero-order chi connectivity index (χ0) is 12.4. The van der Waals surface area contributed by atoms with Crippen molar-refractivity contribution in [3.05, 3.63) is 47.7 Å². The third-order valence-corrected chi connectivity index (χ3v) is 3.68. The normalized spacial score (nSPS) is 19.5. The number of benzene rings is 1. The number of allylic oxidation sites excluding steroid dienone is 1. The van der Waals surface area contributed by atoms with Crippen molar-refractivity contribution in [2.75, 3.05) is 6.54 Å². The van der Waals surface area contributed by atoms with Crippen LogP contribution in [0.1, 0.15) is 37.1 Å². The molecule has 0 spiro atoms. The van der Waals surface area contributed by atoms with Crippen LogP contribution in [-0.4, -0.2) is 11.5 Å². The Bertz CT molecular complexity index is 565. The first kappa shape index (κ1) is 11.5. The Kier molecular flexibility index (Phi) is 3.20. The van der Waals surface area contributed by atoms with Crippen molar-refractivity contribution in [3.63, 3.8) is 0 Å². The number of hydrogen-bond donors (Lipinski definition) is 2. The Labute approximate surface area is 108 Å². The third kappa shape index (κ3) is 1.97. The number of para-hydroxylation sites is 1. The van der Waals surface area contributed by atoms with E-state index in [0.717, 1.165) is 19.4 Å². The molecule has 94 valence electrons. The first-order valence-electron chi connectivity index (χ1n) is 6.89. The van der Waals surface area contributed by atoms with Crippen LogP contribution in [-0.2, 0) is 6.42 Å². The van der Waals surface area contributed by atoms with E-state index < -0.39 is 0 Å². The van der Waals surface area contributed by atoms with E-state index in [1.807, 2.05) is 0 Å². The summed E-state index contributed by atoms with van der Waals surface area (Å²) in [6, 6.07) is 8.97. The van der Waals surface area contributed by atoms with Gasteiger partial charge in [0.15, 0.2) is 0 Å². The first-order chi connectivity index (χ1) is 8.90. The molecule has 0 fully saturated rings. The van der Waals surface area contributed by atoms with Gasteiger partial charge in [0.05, 0.1) is 6.04 Å². The van der Waals surface area contributed by atoms with E-state index in [2.05, 4.69) is 53.6 Å². The molecule has 18 heavy (non-hydrogen) atoms. The minimum Gasteiger partial charge on any atom is -0.357 e. The molecule has 0 saturated carbocycles. The lowest BCUT2D eigenvalue weighted by Crippen LogP contribution is -2.28. The Morgan fingerprint density at radius 2 is 2.22 bits per heavy atom. The Morgan fingerprint density at radius 1 is 1.33 bits per heavy atom. The molecule has 0 bridgehead atoms. The summed E-state index contributed by atoms with van der Waals surface area (Å²) >= 11 is 0. The van der Waals surface area contributed by atoms with E-state index >= 15 is 0 Å². The number of aromatic nitrogens is 1. The average Bonchev–Trinajstić information content (AvgIpc) is 2.79. The molecule has 1 aromatic heterocycles. The molecule has 0 radical (unpaired) electrons. The van der Waals surface area contributed by atoms with Crippen molar-refractivity contribution < 1.29 is 0 Å². The molecule has 2 heterocycles. The van der Waals surface area contributed by atoms with Crippen molar-refractivity contribution >= 4 is 10.9 Å². The van der Waals surface area contributed by atoms with E-state index in [1.54, 1.807) is 0 Å². The molecular formula is C16H20N2. The third-order valence-electron chi connectivity index (χ3n) is 3.68. The second-order valence-electron chi connectivity index (χ2n) is 4.96. The Morgan fingerprint density at radius 3 is 3.11 bits per heavy atom. The monoisotopic (exact) mass is 240 g/mol. The van der Waals surface area contributed by atoms with Gasteiger partial charge in [-0.15, -0.1) is 0 Å². The zero-order valence-electron chi connectivity index (χ0n) is 10.9. The topological polar surface area (TPSA) is 27.8 Å². The summed E-state index contributed by atoms with van der Waals surface area (Å²) in [5.41, 5.74) is 4.12. The maximum Gasteiger partial charge on any atom is 0.0662 e. The van der Waals surface area contributed by atoms with Crippen LogP contribution in [0.4, 0.5) is 0 Å². The standard InChI is InChI=1S/C16H20N2/c1-2-3-4-9-15-16-13(10-11-17-15)12-7-5-6-8-14(12)18-16/h4-9,15,17-18H,2-3,10-11H2,1H3/b9-4+/t15-/m1/s1. The molecule has 3 rings (SSSR count). The van der Waals surface area contributed by atoms with Gasteiger partial charge in [-0.3, -0.25) is 0 Å². The van der Waals surface area contributed by atoms with Gasteiger partial charge >= 0.3 is 0 Å². The minimum atomic E-state index is 0.354. The lowest BCUT2D eigenvalue weighted by molar-refractivity contribution is 0.572. The number of rotatable bonds is 3. The highest BCUT2D eigenvalue weighted by Gasteiger charge is 2.21. The van der Waals surface area contributed by atoms with Gasteiger partial charge in [-0.05, 0) is 24.5 Å². The lowest BCUT2D eigenvalue weighted by atomic mass is 9.99. The van der Waals surface area contributed by atoms with Crippen molar-refractivity contribution in [1.29, 1.82) is 0 Å². The summed E-state index contributed by atoms with van der Waals surface area (Å²) in [7, 11) is 0. The SMILES string of the molecule is CCC/C=C/[C@H]1NCCc2c1[nH]c1ccccc21. The minimum absolute atomic E-state index is 0.354. The summed E-state index contributed by atoms with van der Waals surface area (Å²) in [4.78, 5) is 3.58. The van der Waals surface area contributed by atoms with Crippen LogP contribution in [0.25, 0.3) is 10.9 Å². The van der Waals surface area contributed by atoms with Gasteiger partial charge < -0.3 is 10.3 Å². The van der Waals surface area contributed by atoms with Crippen LogP contribution >= 0.6 is 0 Å². The highest BCUT2D eigenvalue weighted by Crippen LogP contribution is 2.30. The molecule has 1 aliphatic heterocycles. The van der Waals surface area contributed by atoms with Gasteiger partial charge in [0.2, 0.25) is 0 Å². The van der Waals surface area contributed by atoms with Crippen LogP contribution in [0.2, 0.25) is 0 Å². The summed E-state index contributed by atoms with van der Waals surface area (Å²) in [5.74, 6) is 0. The van der Waals surface area contributed by atoms with Gasteiger partial charge in [-0.25, -0.2) is 0 Å². The van der Waals surface area contributed by atoms with E-state index in [0.29, 0.717) is 6.04 Å². The summed E-state index contributed by atoms with van der Waals surface area (Å²) in [6.07, 6.45) is 8.09. The zero-order valence-corrected chi connectivity index (χ0v) is 10.9. The van der Waals surface area contributed by atoms with Gasteiger partial charge in [0, 0.05) is 23.1 Å². The molecule has 0 aliphatic carbocycles. The molecule has 0 saturated heterocycles. The highest BCUT2D eigenvalue weighted by molar-refractivity contribution is 5.85. The largest absolute Gasteiger partial charge is 0.357 e. The number of unbranched alkanes of at least 4 members (excludes halogenated alkanes) is 1. The van der Waals surface area contributed by atoms with Crippen LogP contribution in [0.3, 0.4) is 0 Å². The van der Waals surface area contributed by atoms with Crippen LogP contribution in [0.5, 0.6) is 0 Å². The van der Waals surface area contributed by atoms with Crippen molar-refractivity contribution in [1.82, 2.24) is 10.3 Å². The molecule has 0 unspecified atom stereocenters. The first-order valence-corrected chi connectivity index (χ1v) is 6.89. The Hall–Kier alpha value is -1.54. The highest BCUT2D eigenvalue weighted by atomic mass is 15.0. The predicted octanol–water partition coefficient (Wildman–Crippen LogP) is 3.71. The summed E-state index contributed by atoms with van der Waals surface area (Å²) in [5, 5.41) is 4.97. The van der Waals surface area contributed by atoms with Crippen LogP contribution in [0, 0.1) is 0 Å². The molecular weight excluding hydrogens is 220 g/mol. The molecule has 2 N–H and O–H groups in total. The van der Waals surface area contributed by atoms with Crippen LogP contribution in [0.15, 0.2) is 36.4 Å². The quantitative estimate of drug-likeness (QED) is 0.786. The summed E-state index contributed by atoms with van der Waals surface area (Å²) in [6.45, 7) is 3.28. The second-order valence-corrected chi connectivity index (χ2v) is 4.96. The van der Waals surface area contributed by atoms with Crippen molar-refractivity contribution in [2.45, 2.75) is 32.2 Å². The fraction of sp³-hybridized carbons (Fsp3) is 0.375. The van der Waals surface area contributed by atoms with E-state index in [4.69, 9.17) is 0 Å². The van der Waals surface area contributed by atoms with Gasteiger partial charge in [0.25, 0.3) is 0 Å². The number of hydrogen-bond acceptors (Lipinski definition) is 1. The fourth-order valence-corrected chi connectivity index (χ4v) is 2.77. The molecule has 2 nitrogen and oxygen atoms in total. The smallest absolute Gasteiger partial charge is 0.0662 e. The van der Waals surface area contributed by atoms with Gasteiger partial charge in [0.1, 0.15) is 0 Å². The predicted molar refractivity (Wildman–Crippen MR) is 76.8 cm³/mol. The average molecular weight is 240 g/mol. The number of nitrogens with one attached hydrogen (secondary N) is 2. The second kappa shape index (κ2) is 4.99.